The molecule has 2 amide bonds. The van der Waals surface area contributed by atoms with Crippen LogP contribution in [-0.4, -0.2) is 104 Å². The Morgan fingerprint density at radius 2 is 1.56 bits per heavy atom. The minimum Gasteiger partial charge on any atom is -0.453 e. The largest absolute Gasteiger partial charge is 0.453 e. The molecule has 0 atom stereocenters. The van der Waals surface area contributed by atoms with Gasteiger partial charge in [-0.15, -0.1) is 0 Å². The first-order valence-electron chi connectivity index (χ1n) is 18.8. The molecule has 0 aliphatic carbocycles. The maximum atomic E-state index is 12.5. The number of amides is 2. The molecule has 12 nitrogen and oxygen atoms in total. The lowest BCUT2D eigenvalue weighted by molar-refractivity contribution is -0.0105. The molecule has 2 fully saturated rings. The number of piperazine rings is 1. The molecule has 4 heterocycles. The molecule has 0 unspecified atom stereocenters. The number of rotatable bonds is 10. The summed E-state index contributed by atoms with van der Waals surface area (Å²) in [6.45, 7) is 21.7. The van der Waals surface area contributed by atoms with Gasteiger partial charge in [-0.25, -0.2) is 19.6 Å². The van der Waals surface area contributed by atoms with Crippen LogP contribution < -0.4 is 15.0 Å². The highest BCUT2D eigenvalue weighted by Gasteiger charge is 2.46. The van der Waals surface area contributed by atoms with Crippen LogP contribution in [0.5, 0.6) is 11.6 Å². The fraction of sp³-hybridized carbons (Fsp3) is 0.550. The number of aromatic nitrogens is 2. The number of halogens is 2. The maximum Gasteiger partial charge on any atom is 0.410 e. The van der Waals surface area contributed by atoms with Gasteiger partial charge in [0.2, 0.25) is 5.88 Å². The topological polar surface area (TPSA) is 119 Å². The van der Waals surface area contributed by atoms with E-state index in [-0.39, 0.29) is 11.1 Å². The number of pyridine rings is 2. The fourth-order valence-corrected chi connectivity index (χ4v) is 8.62. The summed E-state index contributed by atoms with van der Waals surface area (Å²) < 4.78 is 23.8. The van der Waals surface area contributed by atoms with Gasteiger partial charge < -0.3 is 33.8 Å². The number of ether oxygens (including phenoxy) is 3. The molecular formula is C40H56Cl2N6O6Si. The van der Waals surface area contributed by atoms with E-state index in [0.29, 0.717) is 66.6 Å². The number of piperidine rings is 1. The Kier molecular flexibility index (Phi) is 13.3. The first kappa shape index (κ1) is 42.5. The standard InChI is InChI=1S/C40H56Cl2N6O6Si/c1-38(2,3)53-37(50)48-18-16-47(17-19-48)34-11-10-32(25-43-34)52-35-21-28(20-33(45-35)29-22-30(41)24-31(42)23-29)26-46-14-12-40(13-15-46,27-44-36(49)51-7)54-55(8,9)39(4,5)6/h10-11,20-25H,12-19,26-27H2,1-9H3,(H,44,49). The zero-order chi connectivity index (χ0) is 40.2. The van der Waals surface area contributed by atoms with Gasteiger partial charge in [0.25, 0.3) is 0 Å². The molecule has 2 aliphatic rings. The Labute approximate surface area is 336 Å². The van der Waals surface area contributed by atoms with Gasteiger partial charge in [0, 0.05) is 74.0 Å². The van der Waals surface area contributed by atoms with Gasteiger partial charge in [-0.05, 0) is 93.7 Å². The maximum absolute atomic E-state index is 12.5. The zero-order valence-corrected chi connectivity index (χ0v) is 36.1. The Morgan fingerprint density at radius 1 is 0.909 bits per heavy atom. The molecule has 2 saturated heterocycles. The van der Waals surface area contributed by atoms with Crippen molar-refractivity contribution in [3.05, 3.63) is 64.3 Å². The van der Waals surface area contributed by atoms with Crippen molar-refractivity contribution >= 4 is 49.5 Å². The normalized spacial score (nSPS) is 16.8. The molecule has 1 N–H and O–H groups in total. The number of hydrogen-bond donors (Lipinski definition) is 1. The second kappa shape index (κ2) is 17.3. The summed E-state index contributed by atoms with van der Waals surface area (Å²) in [4.78, 5) is 40.5. The van der Waals surface area contributed by atoms with Gasteiger partial charge in [0.05, 0.1) is 24.6 Å². The van der Waals surface area contributed by atoms with Crippen molar-refractivity contribution in [1.82, 2.24) is 25.1 Å². The van der Waals surface area contributed by atoms with Gasteiger partial charge in [-0.1, -0.05) is 44.0 Å². The molecule has 1 aromatic carbocycles. The van der Waals surface area contributed by atoms with Crippen LogP contribution in [-0.2, 0) is 20.4 Å². The van der Waals surface area contributed by atoms with Crippen molar-refractivity contribution < 1.29 is 28.2 Å². The van der Waals surface area contributed by atoms with Crippen LogP contribution in [0.3, 0.4) is 0 Å². The Bertz CT molecular complexity index is 1780. The number of likely N-dealkylation sites (tertiary alicyclic amines) is 1. The number of carbonyl (C=O) groups excluding carboxylic acids is 2. The lowest BCUT2D eigenvalue weighted by Crippen LogP contribution is -2.58. The summed E-state index contributed by atoms with van der Waals surface area (Å²) >= 11 is 12.8. The van der Waals surface area contributed by atoms with Crippen molar-refractivity contribution in [2.45, 2.75) is 90.3 Å². The van der Waals surface area contributed by atoms with Crippen LogP contribution >= 0.6 is 23.2 Å². The molecule has 3 aromatic rings. The molecule has 15 heteroatoms. The molecule has 2 aromatic heterocycles. The third-order valence-electron chi connectivity index (χ3n) is 10.4. The third-order valence-corrected chi connectivity index (χ3v) is 15.4. The zero-order valence-electron chi connectivity index (χ0n) is 33.6. The number of anilines is 1. The Balaban J connectivity index is 1.31. The molecule has 5 rings (SSSR count). The quantitative estimate of drug-likeness (QED) is 0.199. The Morgan fingerprint density at radius 3 is 2.13 bits per heavy atom. The van der Waals surface area contributed by atoms with Gasteiger partial charge >= 0.3 is 12.2 Å². The van der Waals surface area contributed by atoms with Crippen molar-refractivity contribution in [3.63, 3.8) is 0 Å². The third kappa shape index (κ3) is 11.7. The van der Waals surface area contributed by atoms with Gasteiger partial charge in [-0.2, -0.15) is 0 Å². The number of benzene rings is 1. The molecular weight excluding hydrogens is 759 g/mol. The number of methoxy groups -OCH3 is 1. The molecule has 0 spiro atoms. The highest BCUT2D eigenvalue weighted by molar-refractivity contribution is 6.74. The second-order valence-corrected chi connectivity index (χ2v) is 22.5. The second-order valence-electron chi connectivity index (χ2n) is 16.9. The Hall–Kier alpha value is -3.62. The van der Waals surface area contributed by atoms with Crippen LogP contribution in [0.1, 0.15) is 59.9 Å². The summed E-state index contributed by atoms with van der Waals surface area (Å²) in [5, 5.41) is 3.97. The fourth-order valence-electron chi connectivity index (χ4n) is 6.43. The first-order valence-corrected chi connectivity index (χ1v) is 22.5. The molecule has 2 aliphatic heterocycles. The monoisotopic (exact) mass is 814 g/mol. The van der Waals surface area contributed by atoms with Crippen molar-refractivity contribution in [2.24, 2.45) is 0 Å². The molecule has 300 valence electrons. The minimum atomic E-state index is -2.15. The van der Waals surface area contributed by atoms with E-state index >= 15 is 0 Å². The summed E-state index contributed by atoms with van der Waals surface area (Å²) in [6.07, 6.45) is 2.44. The lowest BCUT2D eigenvalue weighted by atomic mass is 9.91. The summed E-state index contributed by atoms with van der Waals surface area (Å²) in [7, 11) is -0.776. The average molecular weight is 816 g/mol. The number of carbonyl (C=O) groups is 2. The van der Waals surface area contributed by atoms with E-state index in [2.05, 4.69) is 54.0 Å². The summed E-state index contributed by atoms with van der Waals surface area (Å²) in [5.41, 5.74) is 1.44. The van der Waals surface area contributed by atoms with Crippen LogP contribution in [0.4, 0.5) is 15.4 Å². The number of nitrogens with zero attached hydrogens (tertiary/aromatic N) is 5. The van der Waals surface area contributed by atoms with Gasteiger partial charge in [0.15, 0.2) is 8.32 Å². The number of nitrogens with one attached hydrogen (secondary N) is 1. The molecule has 0 bridgehead atoms. The van der Waals surface area contributed by atoms with Crippen LogP contribution in [0.15, 0.2) is 48.7 Å². The first-order chi connectivity index (χ1) is 25.7. The van der Waals surface area contributed by atoms with Crippen LogP contribution in [0.25, 0.3) is 11.3 Å². The van der Waals surface area contributed by atoms with E-state index in [0.717, 1.165) is 42.9 Å². The highest BCUT2D eigenvalue weighted by atomic mass is 35.5. The number of alkyl carbamates (subject to hydrolysis) is 1. The molecule has 0 radical (unpaired) electrons. The predicted octanol–water partition coefficient (Wildman–Crippen LogP) is 9.01. The van der Waals surface area contributed by atoms with E-state index in [1.54, 1.807) is 17.2 Å². The minimum absolute atomic E-state index is 0.0179. The smallest absolute Gasteiger partial charge is 0.410 e. The SMILES string of the molecule is COC(=O)NCC1(O[Si](C)(C)C(C)(C)C)CCN(Cc2cc(Oc3ccc(N4CCN(C(=O)OC(C)(C)C)CC4)nc3)nc(-c3cc(Cl)cc(Cl)c3)c2)CC1. The highest BCUT2D eigenvalue weighted by Crippen LogP contribution is 2.42. The van der Waals surface area contributed by atoms with E-state index in [9.17, 15) is 9.59 Å². The molecule has 0 saturated carbocycles. The van der Waals surface area contributed by atoms with Crippen molar-refractivity contribution in [3.8, 4) is 22.9 Å². The summed E-state index contributed by atoms with van der Waals surface area (Å²) in [6, 6.07) is 13.2. The van der Waals surface area contributed by atoms with Crippen molar-refractivity contribution in [1.29, 1.82) is 0 Å². The van der Waals surface area contributed by atoms with Crippen molar-refractivity contribution in [2.75, 3.05) is 57.8 Å². The van der Waals surface area contributed by atoms with E-state index in [1.807, 2.05) is 57.2 Å². The predicted molar refractivity (Wildman–Crippen MR) is 220 cm³/mol. The number of hydrogen-bond acceptors (Lipinski definition) is 10. The lowest BCUT2D eigenvalue weighted by Gasteiger charge is -2.49. The van der Waals surface area contributed by atoms with Gasteiger partial charge in [-0.3, -0.25) is 4.90 Å². The summed E-state index contributed by atoms with van der Waals surface area (Å²) in [5.74, 6) is 1.76. The van der Waals surface area contributed by atoms with E-state index in [1.165, 1.54) is 7.11 Å². The average Bonchev–Trinajstić information content (AvgIpc) is 3.10. The molecule has 55 heavy (non-hydrogen) atoms. The van der Waals surface area contributed by atoms with E-state index < -0.39 is 25.6 Å². The van der Waals surface area contributed by atoms with Crippen LogP contribution in [0, 0.1) is 0 Å². The van der Waals surface area contributed by atoms with Crippen LogP contribution in [0.2, 0.25) is 28.2 Å². The van der Waals surface area contributed by atoms with E-state index in [4.69, 9.17) is 46.8 Å². The van der Waals surface area contributed by atoms with Gasteiger partial charge in [0.1, 0.15) is 17.2 Å².